The Balaban J connectivity index is 2.45. The predicted octanol–water partition coefficient (Wildman–Crippen LogP) is 0.755. The molecular weight excluding hydrogens is 150 g/mol. The van der Waals surface area contributed by atoms with Gasteiger partial charge in [-0.25, -0.2) is 0 Å². The molecule has 0 bridgehead atoms. The van der Waals surface area contributed by atoms with Crippen LogP contribution in [0.5, 0.6) is 0 Å². The van der Waals surface area contributed by atoms with Crippen molar-refractivity contribution in [3.8, 4) is 11.8 Å². The van der Waals surface area contributed by atoms with Gasteiger partial charge in [-0.3, -0.25) is 4.68 Å². The molecule has 0 spiro atoms. The van der Waals surface area contributed by atoms with Crippen molar-refractivity contribution < 1.29 is 0 Å². The molecule has 0 saturated heterocycles. The van der Waals surface area contributed by atoms with Crippen molar-refractivity contribution in [1.29, 1.82) is 0 Å². The van der Waals surface area contributed by atoms with E-state index in [-0.39, 0.29) is 0 Å². The van der Waals surface area contributed by atoms with Gasteiger partial charge in [-0.1, -0.05) is 0 Å². The lowest BCUT2D eigenvalue weighted by atomic mass is 10.4. The Morgan fingerprint density at radius 2 is 2.50 bits per heavy atom. The number of nitrogens with zero attached hydrogens (tertiary/aromatic N) is 2. The molecule has 3 nitrogen and oxygen atoms in total. The zero-order valence-corrected chi connectivity index (χ0v) is 7.25. The highest BCUT2D eigenvalue weighted by atomic mass is 15.3. The zero-order valence-electron chi connectivity index (χ0n) is 7.25. The SMILES string of the molecule is CC#CCCn1cc(CN)cn1. The fourth-order valence-electron chi connectivity index (χ4n) is 0.930. The van der Waals surface area contributed by atoms with E-state index in [1.54, 1.807) is 6.20 Å². The van der Waals surface area contributed by atoms with Gasteiger partial charge in [0.1, 0.15) is 0 Å². The summed E-state index contributed by atoms with van der Waals surface area (Å²) in [4.78, 5) is 0. The van der Waals surface area contributed by atoms with Gasteiger partial charge in [-0.2, -0.15) is 5.10 Å². The van der Waals surface area contributed by atoms with Crippen LogP contribution in [0.1, 0.15) is 18.9 Å². The molecule has 0 amide bonds. The van der Waals surface area contributed by atoms with Crippen LogP contribution in [0.2, 0.25) is 0 Å². The van der Waals surface area contributed by atoms with Gasteiger partial charge < -0.3 is 5.73 Å². The third-order valence-electron chi connectivity index (χ3n) is 1.57. The molecule has 0 unspecified atom stereocenters. The first kappa shape index (κ1) is 8.82. The molecule has 64 valence electrons. The summed E-state index contributed by atoms with van der Waals surface area (Å²) in [6.45, 7) is 3.24. The first-order valence-electron chi connectivity index (χ1n) is 3.98. The largest absolute Gasteiger partial charge is 0.326 e. The Morgan fingerprint density at radius 1 is 1.67 bits per heavy atom. The van der Waals surface area contributed by atoms with Crippen LogP contribution in [0.4, 0.5) is 0 Å². The van der Waals surface area contributed by atoms with E-state index in [1.807, 2.05) is 17.8 Å². The van der Waals surface area contributed by atoms with Crippen molar-refractivity contribution in [3.05, 3.63) is 18.0 Å². The van der Waals surface area contributed by atoms with Crippen molar-refractivity contribution in [1.82, 2.24) is 9.78 Å². The van der Waals surface area contributed by atoms with Gasteiger partial charge in [0.05, 0.1) is 12.7 Å². The average molecular weight is 163 g/mol. The Kier molecular flexibility index (Phi) is 3.36. The summed E-state index contributed by atoms with van der Waals surface area (Å²) in [5, 5.41) is 4.13. The number of aryl methyl sites for hydroxylation is 1. The molecule has 0 aromatic carbocycles. The van der Waals surface area contributed by atoms with Crippen LogP contribution in [0, 0.1) is 11.8 Å². The summed E-state index contributed by atoms with van der Waals surface area (Å²) in [6, 6.07) is 0. The fourth-order valence-corrected chi connectivity index (χ4v) is 0.930. The lowest BCUT2D eigenvalue weighted by Crippen LogP contribution is -1.97. The fraction of sp³-hybridized carbons (Fsp3) is 0.444. The van der Waals surface area contributed by atoms with Crippen molar-refractivity contribution >= 4 is 0 Å². The molecule has 0 aliphatic heterocycles. The van der Waals surface area contributed by atoms with Crippen molar-refractivity contribution in [3.63, 3.8) is 0 Å². The van der Waals surface area contributed by atoms with Crippen LogP contribution in [0.3, 0.4) is 0 Å². The van der Waals surface area contributed by atoms with Crippen molar-refractivity contribution in [2.24, 2.45) is 5.73 Å². The van der Waals surface area contributed by atoms with E-state index in [0.717, 1.165) is 18.5 Å². The lowest BCUT2D eigenvalue weighted by Gasteiger charge is -1.94. The summed E-state index contributed by atoms with van der Waals surface area (Å²) >= 11 is 0. The number of nitrogens with two attached hydrogens (primary N) is 1. The number of rotatable bonds is 3. The minimum absolute atomic E-state index is 0.555. The van der Waals surface area contributed by atoms with Gasteiger partial charge >= 0.3 is 0 Å². The molecule has 12 heavy (non-hydrogen) atoms. The molecule has 1 heterocycles. The van der Waals surface area contributed by atoms with Gasteiger partial charge in [0.15, 0.2) is 0 Å². The highest BCUT2D eigenvalue weighted by molar-refractivity contribution is 5.03. The van der Waals surface area contributed by atoms with E-state index in [9.17, 15) is 0 Å². The molecular formula is C9H13N3. The maximum absolute atomic E-state index is 5.44. The van der Waals surface area contributed by atoms with Crippen LogP contribution in [-0.2, 0) is 13.1 Å². The molecule has 0 saturated carbocycles. The summed E-state index contributed by atoms with van der Waals surface area (Å²) in [5.41, 5.74) is 6.51. The van der Waals surface area contributed by atoms with Crippen molar-refractivity contribution in [2.75, 3.05) is 0 Å². The zero-order chi connectivity index (χ0) is 8.81. The number of hydrogen-bond donors (Lipinski definition) is 1. The van der Waals surface area contributed by atoms with Crippen LogP contribution in [0.15, 0.2) is 12.4 Å². The second-order valence-corrected chi connectivity index (χ2v) is 2.49. The highest BCUT2D eigenvalue weighted by Gasteiger charge is 1.93. The van der Waals surface area contributed by atoms with Crippen molar-refractivity contribution in [2.45, 2.75) is 26.4 Å². The van der Waals surface area contributed by atoms with Gasteiger partial charge in [-0.05, 0) is 6.92 Å². The third-order valence-corrected chi connectivity index (χ3v) is 1.57. The van der Waals surface area contributed by atoms with E-state index in [4.69, 9.17) is 5.73 Å². The normalized spacial score (nSPS) is 9.17. The second-order valence-electron chi connectivity index (χ2n) is 2.49. The van der Waals surface area contributed by atoms with Gasteiger partial charge in [0.25, 0.3) is 0 Å². The molecule has 0 aliphatic carbocycles. The molecule has 1 aromatic heterocycles. The van der Waals surface area contributed by atoms with E-state index in [2.05, 4.69) is 16.9 Å². The second kappa shape index (κ2) is 4.58. The molecule has 0 aliphatic rings. The molecule has 2 N–H and O–H groups in total. The Morgan fingerprint density at radius 3 is 3.08 bits per heavy atom. The summed E-state index contributed by atoms with van der Waals surface area (Å²) in [7, 11) is 0. The Bertz CT molecular complexity index is 290. The standard InChI is InChI=1S/C9H13N3/c1-2-3-4-5-12-8-9(6-10)7-11-12/h7-8H,4-6,10H2,1H3. The summed E-state index contributed by atoms with van der Waals surface area (Å²) < 4.78 is 1.87. The minimum Gasteiger partial charge on any atom is -0.326 e. The topological polar surface area (TPSA) is 43.8 Å². The Labute approximate surface area is 72.6 Å². The van der Waals surface area contributed by atoms with Gasteiger partial charge in [0, 0.05) is 24.7 Å². The van der Waals surface area contributed by atoms with E-state index < -0.39 is 0 Å². The predicted molar refractivity (Wildman–Crippen MR) is 48.2 cm³/mol. The lowest BCUT2D eigenvalue weighted by molar-refractivity contribution is 0.629. The molecule has 1 rings (SSSR count). The maximum Gasteiger partial charge on any atom is 0.0534 e. The molecule has 0 fully saturated rings. The maximum atomic E-state index is 5.44. The smallest absolute Gasteiger partial charge is 0.0534 e. The molecule has 0 radical (unpaired) electrons. The Hall–Kier alpha value is -1.27. The first-order valence-corrected chi connectivity index (χ1v) is 3.98. The van der Waals surface area contributed by atoms with Crippen LogP contribution in [0.25, 0.3) is 0 Å². The number of aromatic nitrogens is 2. The van der Waals surface area contributed by atoms with Crippen LogP contribution < -0.4 is 5.73 Å². The third kappa shape index (κ3) is 2.40. The van der Waals surface area contributed by atoms with Crippen LogP contribution in [-0.4, -0.2) is 9.78 Å². The van der Waals surface area contributed by atoms with Crippen LogP contribution >= 0.6 is 0 Å². The van der Waals surface area contributed by atoms with E-state index >= 15 is 0 Å². The summed E-state index contributed by atoms with van der Waals surface area (Å²) in [6.07, 6.45) is 4.60. The first-order chi connectivity index (χ1) is 5.86. The molecule has 3 heteroatoms. The minimum atomic E-state index is 0.555. The molecule has 0 atom stereocenters. The van der Waals surface area contributed by atoms with E-state index in [0.29, 0.717) is 6.54 Å². The van der Waals surface area contributed by atoms with Gasteiger partial charge in [0.2, 0.25) is 0 Å². The quantitative estimate of drug-likeness (QED) is 0.668. The van der Waals surface area contributed by atoms with E-state index in [1.165, 1.54) is 0 Å². The molecule has 1 aromatic rings. The van der Waals surface area contributed by atoms with Gasteiger partial charge in [-0.15, -0.1) is 11.8 Å². The monoisotopic (exact) mass is 163 g/mol. The number of hydrogen-bond acceptors (Lipinski definition) is 2. The highest BCUT2D eigenvalue weighted by Crippen LogP contribution is 1.96. The summed E-state index contributed by atoms with van der Waals surface area (Å²) in [5.74, 6) is 5.82. The average Bonchev–Trinajstić information content (AvgIpc) is 2.53.